The molecule has 3 aromatic heterocycles. The molecule has 0 radical (unpaired) electrons. The van der Waals surface area contributed by atoms with Crippen LogP contribution in [0.1, 0.15) is 11.6 Å². The number of benzene rings is 2. The maximum atomic E-state index is 4.38. The molecule has 7 heteroatoms. The normalized spacial score (nSPS) is 11.3. The summed E-state index contributed by atoms with van der Waals surface area (Å²) in [6, 6.07) is 14.8. The third-order valence-electron chi connectivity index (χ3n) is 4.35. The average Bonchev–Trinajstić information content (AvgIpc) is 3.26. The van der Waals surface area contributed by atoms with Crippen LogP contribution in [-0.2, 0) is 0 Å². The van der Waals surface area contributed by atoms with Gasteiger partial charge in [-0.1, -0.05) is 18.2 Å². The molecule has 0 amide bonds. The lowest BCUT2D eigenvalue weighted by Crippen LogP contribution is -2.02. The number of aromatic amines is 1. The number of nitrogens with one attached hydrogen (secondary N) is 2. The van der Waals surface area contributed by atoms with E-state index in [0.717, 1.165) is 22.2 Å². The van der Waals surface area contributed by atoms with Gasteiger partial charge in [0.1, 0.15) is 11.6 Å². The summed E-state index contributed by atoms with van der Waals surface area (Å²) in [6.45, 7) is 3.73. The topological polar surface area (TPSA) is 79.4 Å². The zero-order valence-electron chi connectivity index (χ0n) is 14.8. The van der Waals surface area contributed by atoms with Gasteiger partial charge in [0.15, 0.2) is 0 Å². The molecule has 0 unspecified atom stereocenters. The first kappa shape index (κ1) is 15.9. The summed E-state index contributed by atoms with van der Waals surface area (Å²) in [5.41, 5.74) is 3.05. The van der Waals surface area contributed by atoms with Crippen LogP contribution in [0.25, 0.3) is 31.4 Å². The molecule has 0 saturated heterocycles. The molecule has 0 spiro atoms. The Labute approximate surface area is 159 Å². The number of nitrogens with zero attached hydrogens (tertiary/aromatic N) is 4. The van der Waals surface area contributed by atoms with Crippen molar-refractivity contribution in [3.8, 4) is 10.4 Å². The highest BCUT2D eigenvalue weighted by atomic mass is 32.1. The Kier molecular flexibility index (Phi) is 3.61. The quantitative estimate of drug-likeness (QED) is 0.466. The molecule has 5 rings (SSSR count). The second-order valence-corrected chi connectivity index (χ2v) is 7.47. The van der Waals surface area contributed by atoms with Crippen LogP contribution in [0, 0.1) is 13.8 Å². The molecule has 0 fully saturated rings. The summed E-state index contributed by atoms with van der Waals surface area (Å²) in [5, 5.41) is 12.9. The van der Waals surface area contributed by atoms with Gasteiger partial charge in [0.05, 0.1) is 11.7 Å². The minimum Gasteiger partial charge on any atom is -0.324 e. The molecule has 2 N–H and O–H groups in total. The molecule has 0 aliphatic rings. The Balaban J connectivity index is 1.64. The Morgan fingerprint density at radius 1 is 0.926 bits per heavy atom. The van der Waals surface area contributed by atoms with Crippen molar-refractivity contribution in [2.45, 2.75) is 13.8 Å². The maximum Gasteiger partial charge on any atom is 0.230 e. The molecule has 5 aromatic rings. The first-order chi connectivity index (χ1) is 13.2. The first-order valence-electron chi connectivity index (χ1n) is 8.58. The van der Waals surface area contributed by atoms with Gasteiger partial charge in [-0.2, -0.15) is 15.1 Å². The molecule has 0 aliphatic carbocycles. The van der Waals surface area contributed by atoms with Gasteiger partial charge in [-0.3, -0.25) is 5.10 Å². The van der Waals surface area contributed by atoms with Crippen LogP contribution in [0.3, 0.4) is 0 Å². The smallest absolute Gasteiger partial charge is 0.230 e. The molecule has 27 heavy (non-hydrogen) atoms. The highest BCUT2D eigenvalue weighted by Crippen LogP contribution is 2.38. The molecule has 6 nitrogen and oxygen atoms in total. The zero-order valence-corrected chi connectivity index (χ0v) is 15.6. The van der Waals surface area contributed by atoms with Gasteiger partial charge in [-0.25, -0.2) is 4.98 Å². The van der Waals surface area contributed by atoms with Crippen LogP contribution < -0.4 is 5.32 Å². The summed E-state index contributed by atoms with van der Waals surface area (Å²) in [4.78, 5) is 14.2. The monoisotopic (exact) mass is 372 g/mol. The van der Waals surface area contributed by atoms with Gasteiger partial charge in [0, 0.05) is 26.2 Å². The van der Waals surface area contributed by atoms with Crippen LogP contribution >= 0.6 is 11.3 Å². The highest BCUT2D eigenvalue weighted by molar-refractivity contribution is 7.22. The van der Waals surface area contributed by atoms with Crippen molar-refractivity contribution < 1.29 is 0 Å². The van der Waals surface area contributed by atoms with E-state index in [9.17, 15) is 0 Å². The van der Waals surface area contributed by atoms with Gasteiger partial charge >= 0.3 is 0 Å². The number of thiophene rings is 1. The number of hydrogen-bond donors (Lipinski definition) is 2. The summed E-state index contributed by atoms with van der Waals surface area (Å²) < 4.78 is 1.27. The summed E-state index contributed by atoms with van der Waals surface area (Å²) >= 11 is 1.77. The van der Waals surface area contributed by atoms with Crippen LogP contribution in [-0.4, -0.2) is 25.1 Å². The lowest BCUT2D eigenvalue weighted by molar-refractivity contribution is 0.928. The third kappa shape index (κ3) is 2.92. The van der Waals surface area contributed by atoms with E-state index in [0.29, 0.717) is 17.6 Å². The summed E-state index contributed by atoms with van der Waals surface area (Å²) in [5.74, 6) is 1.93. The van der Waals surface area contributed by atoms with Crippen molar-refractivity contribution in [3.63, 3.8) is 0 Å². The fourth-order valence-corrected chi connectivity index (χ4v) is 4.32. The standard InChI is InChI=1S/C20H16N6S/c1-11-22-12(2)24-20(23-11)25-15-7-14-10-21-26-19(14)16(9-15)18-8-13-5-3-4-6-17(13)27-18/h3-10H,1-2H3,(H,21,26)(H,22,23,24,25). The van der Waals surface area contributed by atoms with E-state index in [4.69, 9.17) is 0 Å². The Morgan fingerprint density at radius 3 is 2.56 bits per heavy atom. The van der Waals surface area contributed by atoms with Crippen molar-refractivity contribution in [1.82, 2.24) is 25.1 Å². The lowest BCUT2D eigenvalue weighted by atomic mass is 10.1. The number of rotatable bonds is 3. The maximum absolute atomic E-state index is 4.38. The Hall–Kier alpha value is -3.32. The van der Waals surface area contributed by atoms with Crippen molar-refractivity contribution in [2.24, 2.45) is 0 Å². The molecule has 0 bridgehead atoms. The molecule has 0 aliphatic heterocycles. The molecule has 0 atom stereocenters. The van der Waals surface area contributed by atoms with Crippen LogP contribution in [0.15, 0.2) is 48.7 Å². The number of fused-ring (bicyclic) bond motifs is 2. The minimum absolute atomic E-state index is 0.546. The first-order valence-corrected chi connectivity index (χ1v) is 9.40. The van der Waals surface area contributed by atoms with Gasteiger partial charge < -0.3 is 5.32 Å². The van der Waals surface area contributed by atoms with Gasteiger partial charge in [-0.05, 0) is 43.5 Å². The van der Waals surface area contributed by atoms with Crippen molar-refractivity contribution in [1.29, 1.82) is 0 Å². The Morgan fingerprint density at radius 2 is 1.74 bits per heavy atom. The van der Waals surface area contributed by atoms with Crippen LogP contribution in [0.4, 0.5) is 11.6 Å². The molecule has 132 valence electrons. The zero-order chi connectivity index (χ0) is 18.4. The van der Waals surface area contributed by atoms with E-state index in [-0.39, 0.29) is 0 Å². The van der Waals surface area contributed by atoms with E-state index in [1.54, 1.807) is 11.3 Å². The van der Waals surface area contributed by atoms with E-state index < -0.39 is 0 Å². The molecule has 0 saturated carbocycles. The third-order valence-corrected chi connectivity index (χ3v) is 5.50. The van der Waals surface area contributed by atoms with E-state index in [2.05, 4.69) is 66.9 Å². The number of hydrogen-bond acceptors (Lipinski definition) is 6. The van der Waals surface area contributed by atoms with Gasteiger partial charge in [0.2, 0.25) is 5.95 Å². The number of aromatic nitrogens is 5. The van der Waals surface area contributed by atoms with Crippen LogP contribution in [0.2, 0.25) is 0 Å². The molecular weight excluding hydrogens is 356 g/mol. The average molecular weight is 372 g/mol. The van der Waals surface area contributed by atoms with Gasteiger partial charge in [-0.15, -0.1) is 11.3 Å². The molecule has 2 aromatic carbocycles. The van der Waals surface area contributed by atoms with Crippen molar-refractivity contribution in [2.75, 3.05) is 5.32 Å². The molecular formula is C20H16N6S. The fraction of sp³-hybridized carbons (Fsp3) is 0.100. The minimum atomic E-state index is 0.546. The second-order valence-electron chi connectivity index (χ2n) is 6.38. The van der Waals surface area contributed by atoms with E-state index in [1.165, 1.54) is 15.0 Å². The number of H-pyrrole nitrogens is 1. The van der Waals surface area contributed by atoms with Crippen molar-refractivity contribution >= 4 is 44.0 Å². The van der Waals surface area contributed by atoms with Gasteiger partial charge in [0.25, 0.3) is 0 Å². The van der Waals surface area contributed by atoms with Crippen molar-refractivity contribution in [3.05, 3.63) is 60.3 Å². The predicted octanol–water partition coefficient (Wildman–Crippen LogP) is 4.99. The second kappa shape index (κ2) is 6.14. The molecule has 3 heterocycles. The lowest BCUT2D eigenvalue weighted by Gasteiger charge is -2.09. The highest BCUT2D eigenvalue weighted by Gasteiger charge is 2.12. The SMILES string of the molecule is Cc1nc(C)nc(Nc2cc(-c3cc4ccccc4s3)c3[nH]ncc3c2)n1. The summed E-state index contributed by atoms with van der Waals surface area (Å²) in [7, 11) is 0. The number of anilines is 2. The fourth-order valence-electron chi connectivity index (χ4n) is 3.24. The van der Waals surface area contributed by atoms with Crippen LogP contribution in [0.5, 0.6) is 0 Å². The largest absolute Gasteiger partial charge is 0.324 e. The van der Waals surface area contributed by atoms with E-state index >= 15 is 0 Å². The van der Waals surface area contributed by atoms with E-state index in [1.807, 2.05) is 26.1 Å². The Bertz CT molecular complexity index is 1230. The number of aryl methyl sites for hydroxylation is 2. The summed E-state index contributed by atoms with van der Waals surface area (Å²) in [6.07, 6.45) is 1.83. The predicted molar refractivity (Wildman–Crippen MR) is 109 cm³/mol.